The fourth-order valence-corrected chi connectivity index (χ4v) is 0. The molecule has 0 fully saturated rings. The third-order valence-corrected chi connectivity index (χ3v) is 0. The molecule has 0 aliphatic rings. The van der Waals surface area contributed by atoms with Crippen LogP contribution in [0.1, 0.15) is 0 Å². The first-order valence-corrected chi connectivity index (χ1v) is 1.34. The molecule has 0 aromatic rings. The van der Waals surface area contributed by atoms with Crippen molar-refractivity contribution in [3.8, 4) is 0 Å². The summed E-state index contributed by atoms with van der Waals surface area (Å²) < 4.78 is 0. The number of hydrogen-bond donors (Lipinski definition) is 0. The zero-order valence-electron chi connectivity index (χ0n) is 3.80. The Labute approximate surface area is 73.8 Å². The van der Waals surface area contributed by atoms with E-state index in [0.29, 0.717) is 0 Å². The van der Waals surface area contributed by atoms with Crippen LogP contribution in [0.4, 0.5) is 0 Å². The van der Waals surface area contributed by atoms with Crippen LogP contribution in [0.3, 0.4) is 0 Å². The standard InChI is InChI=1S/C3H9N.Xe/c1-4(2)3;/h1-3H3;. The van der Waals surface area contributed by atoms with Crippen LogP contribution in [0, 0.1) is 48.9 Å². The molecule has 5 heavy (non-hydrogen) atoms. The van der Waals surface area contributed by atoms with Gasteiger partial charge in [0.25, 0.3) is 0 Å². The van der Waals surface area contributed by atoms with Gasteiger partial charge in [-0.05, 0) is 21.1 Å². The van der Waals surface area contributed by atoms with Crippen molar-refractivity contribution in [1.82, 2.24) is 4.90 Å². The van der Waals surface area contributed by atoms with E-state index in [4.69, 9.17) is 0 Å². The Morgan fingerprint density at radius 2 is 1.00 bits per heavy atom. The molecule has 0 spiro atoms. The van der Waals surface area contributed by atoms with E-state index in [-0.39, 0.29) is 48.9 Å². The Bertz CT molecular complexity index is 11.6. The van der Waals surface area contributed by atoms with Crippen molar-refractivity contribution >= 4 is 0 Å². The Balaban J connectivity index is 0. The second kappa shape index (κ2) is 5.53. The molecule has 0 N–H and O–H groups in total. The summed E-state index contributed by atoms with van der Waals surface area (Å²) in [5, 5.41) is 0. The van der Waals surface area contributed by atoms with Gasteiger partial charge in [-0.1, -0.05) is 0 Å². The zero-order chi connectivity index (χ0) is 3.58. The van der Waals surface area contributed by atoms with Crippen molar-refractivity contribution in [2.75, 3.05) is 21.1 Å². The summed E-state index contributed by atoms with van der Waals surface area (Å²) in [5.74, 6) is 0. The van der Waals surface area contributed by atoms with Gasteiger partial charge >= 0.3 is 0 Å². The van der Waals surface area contributed by atoms with Crippen LogP contribution in [0.2, 0.25) is 0 Å². The molecular formula is C3H9NXe. The van der Waals surface area contributed by atoms with E-state index in [0.717, 1.165) is 0 Å². The van der Waals surface area contributed by atoms with Gasteiger partial charge in [-0.3, -0.25) is 0 Å². The Morgan fingerprint density at radius 3 is 1.00 bits per heavy atom. The second-order valence-electron chi connectivity index (χ2n) is 1.34. The maximum absolute atomic E-state index is 2.00. The van der Waals surface area contributed by atoms with E-state index in [2.05, 4.69) is 0 Å². The molecule has 34 valence electrons. The first kappa shape index (κ1) is 9.73. The average Bonchev–Trinajstić information content (AvgIpc) is 0.811. The zero-order valence-corrected chi connectivity index (χ0v) is 5.82. The van der Waals surface area contributed by atoms with Crippen molar-refractivity contribution in [3.63, 3.8) is 0 Å². The minimum Gasteiger partial charge on any atom is -0.312 e. The molecule has 0 unspecified atom stereocenters. The summed E-state index contributed by atoms with van der Waals surface area (Å²) in [6.45, 7) is 0. The van der Waals surface area contributed by atoms with Crippen molar-refractivity contribution in [3.05, 3.63) is 0 Å². The van der Waals surface area contributed by atoms with E-state index < -0.39 is 0 Å². The molecule has 1 nitrogen and oxygen atoms in total. The summed E-state index contributed by atoms with van der Waals surface area (Å²) in [6.07, 6.45) is 0. The van der Waals surface area contributed by atoms with E-state index in [1.807, 2.05) is 26.0 Å². The topological polar surface area (TPSA) is 3.24 Å². The summed E-state index contributed by atoms with van der Waals surface area (Å²) in [5.41, 5.74) is 0. The van der Waals surface area contributed by atoms with Gasteiger partial charge in [-0.15, -0.1) is 0 Å². The normalized spacial score (nSPS) is 7.20. The molecule has 0 rings (SSSR count). The minimum atomic E-state index is 0. The molecule has 0 atom stereocenters. The van der Waals surface area contributed by atoms with E-state index in [9.17, 15) is 0 Å². The number of hydrogen-bond acceptors (Lipinski definition) is 1. The van der Waals surface area contributed by atoms with Gasteiger partial charge in [0, 0.05) is 48.9 Å². The van der Waals surface area contributed by atoms with Crippen LogP contribution in [0.5, 0.6) is 0 Å². The first-order valence-electron chi connectivity index (χ1n) is 1.34. The fraction of sp³-hybridized carbons (Fsp3) is 1.00. The average molecular weight is 190 g/mol. The van der Waals surface area contributed by atoms with Crippen molar-refractivity contribution in [1.29, 1.82) is 0 Å². The van der Waals surface area contributed by atoms with Gasteiger partial charge in [0.2, 0.25) is 0 Å². The largest absolute Gasteiger partial charge is 0.312 e. The molecule has 0 bridgehead atoms. The summed E-state index contributed by atoms with van der Waals surface area (Å²) >= 11 is 0. The van der Waals surface area contributed by atoms with Gasteiger partial charge in [0.15, 0.2) is 0 Å². The Hall–Kier alpha value is 1.53. The predicted octanol–water partition coefficient (Wildman–Crippen LogP) is 0.178. The van der Waals surface area contributed by atoms with Crippen LogP contribution >= 0.6 is 0 Å². The van der Waals surface area contributed by atoms with Gasteiger partial charge < -0.3 is 4.90 Å². The molecule has 0 aliphatic heterocycles. The number of nitrogens with zero attached hydrogens (tertiary/aromatic N) is 1. The van der Waals surface area contributed by atoms with Crippen molar-refractivity contribution in [2.45, 2.75) is 0 Å². The summed E-state index contributed by atoms with van der Waals surface area (Å²) in [7, 11) is 6.00. The fourth-order valence-electron chi connectivity index (χ4n) is 0. The molecule has 0 aromatic carbocycles. The smallest absolute Gasteiger partial charge is 0 e. The SMILES string of the molecule is CN(C)C.[Xe]. The van der Waals surface area contributed by atoms with Crippen LogP contribution in [-0.2, 0) is 0 Å². The van der Waals surface area contributed by atoms with Gasteiger partial charge in [0.1, 0.15) is 0 Å². The van der Waals surface area contributed by atoms with Crippen molar-refractivity contribution < 1.29 is 48.9 Å². The van der Waals surface area contributed by atoms with Crippen LogP contribution in [0.25, 0.3) is 0 Å². The number of rotatable bonds is 0. The van der Waals surface area contributed by atoms with E-state index in [1.54, 1.807) is 0 Å². The molecule has 0 aliphatic carbocycles. The molecule has 0 saturated heterocycles. The molecule has 0 heterocycles. The van der Waals surface area contributed by atoms with Gasteiger partial charge in [-0.2, -0.15) is 0 Å². The quantitative estimate of drug-likeness (QED) is 0.527. The Kier molecular flexibility index (Phi) is 10.8. The van der Waals surface area contributed by atoms with E-state index >= 15 is 0 Å². The molecule has 2 heteroatoms. The summed E-state index contributed by atoms with van der Waals surface area (Å²) in [4.78, 5) is 2.00. The van der Waals surface area contributed by atoms with Crippen LogP contribution < -0.4 is 0 Å². The minimum absolute atomic E-state index is 0. The van der Waals surface area contributed by atoms with Gasteiger partial charge in [0.05, 0.1) is 0 Å². The third kappa shape index (κ3) is 29.4. The maximum Gasteiger partial charge on any atom is 0 e. The predicted molar refractivity (Wildman–Crippen MR) is 19.6 cm³/mol. The first-order chi connectivity index (χ1) is 1.73. The second-order valence-corrected chi connectivity index (χ2v) is 1.34. The molecular weight excluding hydrogens is 181 g/mol. The van der Waals surface area contributed by atoms with Crippen LogP contribution in [-0.4, -0.2) is 26.0 Å². The maximum atomic E-state index is 2.00. The van der Waals surface area contributed by atoms with Gasteiger partial charge in [-0.25, -0.2) is 0 Å². The van der Waals surface area contributed by atoms with Crippen molar-refractivity contribution in [2.24, 2.45) is 0 Å². The molecule has 0 aromatic heterocycles. The molecule has 0 saturated carbocycles. The third-order valence-electron chi connectivity index (χ3n) is 0. The summed E-state index contributed by atoms with van der Waals surface area (Å²) in [6, 6.07) is 0. The van der Waals surface area contributed by atoms with E-state index in [1.165, 1.54) is 0 Å². The molecule has 0 radical (unpaired) electrons. The molecule has 0 amide bonds. The monoisotopic (exact) mass is 191 g/mol. The Morgan fingerprint density at radius 1 is 1.00 bits per heavy atom. The van der Waals surface area contributed by atoms with Crippen LogP contribution in [0.15, 0.2) is 0 Å².